The maximum absolute atomic E-state index is 11.9. The van der Waals surface area contributed by atoms with E-state index in [9.17, 15) is 9.90 Å². The lowest BCUT2D eigenvalue weighted by Crippen LogP contribution is -2.17. The van der Waals surface area contributed by atoms with Crippen LogP contribution in [0.5, 0.6) is 5.75 Å². The summed E-state index contributed by atoms with van der Waals surface area (Å²) in [6, 6.07) is 10.4. The molecule has 7 heteroatoms. The van der Waals surface area contributed by atoms with Crippen LogP contribution in [0.1, 0.15) is 15.9 Å². The van der Waals surface area contributed by atoms with Crippen molar-refractivity contribution in [3.8, 4) is 5.75 Å². The van der Waals surface area contributed by atoms with Gasteiger partial charge in [0.25, 0.3) is 5.91 Å². The van der Waals surface area contributed by atoms with Crippen LogP contribution in [0.4, 0.5) is 0 Å². The molecule has 2 aromatic carbocycles. The van der Waals surface area contributed by atoms with Crippen molar-refractivity contribution < 1.29 is 9.90 Å². The second kappa shape index (κ2) is 7.20. The third-order valence-corrected chi connectivity index (χ3v) is 4.07. The van der Waals surface area contributed by atoms with E-state index >= 15 is 0 Å². The number of rotatable bonds is 3. The van der Waals surface area contributed by atoms with Gasteiger partial charge in [0.2, 0.25) is 0 Å². The lowest BCUT2D eigenvalue weighted by Gasteiger charge is -2.03. The topological polar surface area (TPSA) is 61.7 Å². The number of nitrogens with zero attached hydrogens (tertiary/aromatic N) is 1. The van der Waals surface area contributed by atoms with Gasteiger partial charge in [0.15, 0.2) is 0 Å². The van der Waals surface area contributed by atoms with E-state index in [2.05, 4.69) is 58.3 Å². The van der Waals surface area contributed by atoms with Crippen LogP contribution in [0.2, 0.25) is 0 Å². The minimum absolute atomic E-state index is 0.0543. The number of aromatic hydroxyl groups is 1. The fraction of sp³-hybridized carbons (Fsp3) is 0. The predicted octanol–water partition coefficient (Wildman–Crippen LogP) is 4.44. The molecule has 2 N–H and O–H groups in total. The zero-order chi connectivity index (χ0) is 15.4. The number of hydrogen-bond acceptors (Lipinski definition) is 3. The van der Waals surface area contributed by atoms with Gasteiger partial charge in [-0.1, -0.05) is 37.9 Å². The molecule has 0 atom stereocenters. The zero-order valence-corrected chi connectivity index (χ0v) is 15.2. The van der Waals surface area contributed by atoms with Crippen LogP contribution >= 0.6 is 47.8 Å². The average molecular weight is 477 g/mol. The standard InChI is InChI=1S/C14H9Br3N2O2/c15-10-3-1-2-8(4-10)14(21)19-18-7-9-5-11(16)6-12(17)13(9)20/h1-7,20H,(H,19,21). The molecule has 0 radical (unpaired) electrons. The first-order chi connectivity index (χ1) is 9.97. The number of halogens is 3. The number of phenols is 1. The van der Waals surface area contributed by atoms with Crippen LogP contribution in [0, 0.1) is 0 Å². The summed E-state index contributed by atoms with van der Waals surface area (Å²) in [5.41, 5.74) is 3.37. The Bertz CT molecular complexity index is 717. The first-order valence-electron chi connectivity index (χ1n) is 5.74. The molecule has 21 heavy (non-hydrogen) atoms. The van der Waals surface area contributed by atoms with E-state index < -0.39 is 0 Å². The van der Waals surface area contributed by atoms with Gasteiger partial charge in [-0.15, -0.1) is 0 Å². The third kappa shape index (κ3) is 4.39. The molecule has 2 rings (SSSR count). The van der Waals surface area contributed by atoms with Crippen LogP contribution in [0.15, 0.2) is 54.9 Å². The summed E-state index contributed by atoms with van der Waals surface area (Å²) >= 11 is 9.84. The number of carbonyl (C=O) groups excluding carboxylic acids is 1. The molecule has 0 aliphatic heterocycles. The molecule has 1 amide bonds. The Morgan fingerprint density at radius 3 is 2.62 bits per heavy atom. The number of amides is 1. The van der Waals surface area contributed by atoms with Crippen molar-refractivity contribution in [2.75, 3.05) is 0 Å². The maximum atomic E-state index is 11.9. The SMILES string of the molecule is O=C(NN=Cc1cc(Br)cc(Br)c1O)c1cccc(Br)c1. The van der Waals surface area contributed by atoms with Gasteiger partial charge in [0.1, 0.15) is 5.75 Å². The van der Waals surface area contributed by atoms with Crippen molar-refractivity contribution in [3.05, 3.63) is 60.9 Å². The monoisotopic (exact) mass is 474 g/mol. The zero-order valence-electron chi connectivity index (χ0n) is 10.5. The van der Waals surface area contributed by atoms with E-state index in [4.69, 9.17) is 0 Å². The number of phenolic OH excluding ortho intramolecular Hbond substituents is 1. The second-order valence-corrected chi connectivity index (χ2v) is 6.72. The van der Waals surface area contributed by atoms with Gasteiger partial charge < -0.3 is 5.11 Å². The summed E-state index contributed by atoms with van der Waals surface area (Å²) in [4.78, 5) is 11.9. The van der Waals surface area contributed by atoms with Gasteiger partial charge in [-0.05, 0) is 46.3 Å². The third-order valence-electron chi connectivity index (χ3n) is 2.51. The average Bonchev–Trinajstić information content (AvgIpc) is 2.43. The number of hydrogen-bond donors (Lipinski definition) is 2. The highest BCUT2D eigenvalue weighted by Crippen LogP contribution is 2.30. The van der Waals surface area contributed by atoms with Crippen molar-refractivity contribution in [2.45, 2.75) is 0 Å². The molecule has 0 fully saturated rings. The molecule has 0 aliphatic carbocycles. The molecule has 0 spiro atoms. The lowest BCUT2D eigenvalue weighted by molar-refractivity contribution is 0.0955. The fourth-order valence-electron chi connectivity index (χ4n) is 1.54. The van der Waals surface area contributed by atoms with E-state index in [1.165, 1.54) is 6.21 Å². The number of benzene rings is 2. The molecule has 2 aromatic rings. The normalized spacial score (nSPS) is 10.8. The Balaban J connectivity index is 2.11. The summed E-state index contributed by atoms with van der Waals surface area (Å²) in [5.74, 6) is -0.278. The van der Waals surface area contributed by atoms with Gasteiger partial charge >= 0.3 is 0 Å². The van der Waals surface area contributed by atoms with Crippen molar-refractivity contribution in [2.24, 2.45) is 5.10 Å². The molecule has 0 saturated carbocycles. The molecule has 108 valence electrons. The summed E-state index contributed by atoms with van der Waals surface area (Å²) in [7, 11) is 0. The molecular formula is C14H9Br3N2O2. The summed E-state index contributed by atoms with van der Waals surface area (Å²) in [6.45, 7) is 0. The summed E-state index contributed by atoms with van der Waals surface area (Å²) in [5, 5.41) is 13.7. The van der Waals surface area contributed by atoms with E-state index in [1.54, 1.807) is 30.3 Å². The van der Waals surface area contributed by atoms with Crippen LogP contribution in [-0.4, -0.2) is 17.2 Å². The highest BCUT2D eigenvalue weighted by atomic mass is 79.9. The number of nitrogens with one attached hydrogen (secondary N) is 1. The van der Waals surface area contributed by atoms with Crippen molar-refractivity contribution >= 4 is 59.9 Å². The first kappa shape index (κ1) is 16.2. The molecule has 0 heterocycles. The van der Waals surface area contributed by atoms with E-state index in [-0.39, 0.29) is 11.7 Å². The highest BCUT2D eigenvalue weighted by molar-refractivity contribution is 9.11. The van der Waals surface area contributed by atoms with Crippen LogP contribution in [0.25, 0.3) is 0 Å². The van der Waals surface area contributed by atoms with Crippen LogP contribution in [-0.2, 0) is 0 Å². The molecule has 0 unspecified atom stereocenters. The Morgan fingerprint density at radius 2 is 1.90 bits per heavy atom. The second-order valence-electron chi connectivity index (χ2n) is 4.03. The molecule has 0 aromatic heterocycles. The minimum Gasteiger partial charge on any atom is -0.506 e. The molecule has 4 nitrogen and oxygen atoms in total. The van der Waals surface area contributed by atoms with Gasteiger partial charge in [-0.25, -0.2) is 5.43 Å². The molecule has 0 bridgehead atoms. The van der Waals surface area contributed by atoms with Crippen molar-refractivity contribution in [1.29, 1.82) is 0 Å². The lowest BCUT2D eigenvalue weighted by atomic mass is 10.2. The van der Waals surface area contributed by atoms with Crippen LogP contribution in [0.3, 0.4) is 0 Å². The van der Waals surface area contributed by atoms with Gasteiger partial charge in [-0.3, -0.25) is 4.79 Å². The van der Waals surface area contributed by atoms with Crippen LogP contribution < -0.4 is 5.43 Å². The number of carbonyl (C=O) groups is 1. The Hall–Kier alpha value is -1.18. The maximum Gasteiger partial charge on any atom is 0.271 e. The predicted molar refractivity (Wildman–Crippen MR) is 92.7 cm³/mol. The molecule has 0 saturated heterocycles. The van der Waals surface area contributed by atoms with Gasteiger partial charge in [-0.2, -0.15) is 5.10 Å². The Labute approximate surface area is 146 Å². The van der Waals surface area contributed by atoms with E-state index in [0.717, 1.165) is 8.95 Å². The fourth-order valence-corrected chi connectivity index (χ4v) is 3.20. The quantitative estimate of drug-likeness (QED) is 0.508. The number of hydrazone groups is 1. The summed E-state index contributed by atoms with van der Waals surface area (Å²) in [6.07, 6.45) is 1.38. The Morgan fingerprint density at radius 1 is 1.14 bits per heavy atom. The van der Waals surface area contributed by atoms with Crippen molar-refractivity contribution in [1.82, 2.24) is 5.43 Å². The highest BCUT2D eigenvalue weighted by Gasteiger charge is 2.06. The summed E-state index contributed by atoms with van der Waals surface area (Å²) < 4.78 is 2.14. The smallest absolute Gasteiger partial charge is 0.271 e. The van der Waals surface area contributed by atoms with Crippen molar-refractivity contribution in [3.63, 3.8) is 0 Å². The Kier molecular flexibility index (Phi) is 5.55. The van der Waals surface area contributed by atoms with Gasteiger partial charge in [0, 0.05) is 20.1 Å². The van der Waals surface area contributed by atoms with E-state index in [1.807, 2.05) is 6.07 Å². The first-order valence-corrected chi connectivity index (χ1v) is 8.12. The van der Waals surface area contributed by atoms with E-state index in [0.29, 0.717) is 15.6 Å². The minimum atomic E-state index is -0.332. The largest absolute Gasteiger partial charge is 0.506 e. The molecular weight excluding hydrogens is 468 g/mol. The van der Waals surface area contributed by atoms with Gasteiger partial charge in [0.05, 0.1) is 10.7 Å². The molecule has 0 aliphatic rings.